The van der Waals surface area contributed by atoms with Crippen molar-refractivity contribution >= 4 is 11.6 Å². The highest BCUT2D eigenvalue weighted by atomic mass is 16.6. The van der Waals surface area contributed by atoms with Crippen molar-refractivity contribution in [3.63, 3.8) is 0 Å². The molecule has 1 aromatic heterocycles. The summed E-state index contributed by atoms with van der Waals surface area (Å²) in [5, 5.41) is 13.5. The Labute approximate surface area is 128 Å². The lowest BCUT2D eigenvalue weighted by Gasteiger charge is -2.10. The van der Waals surface area contributed by atoms with Crippen LogP contribution in [0.25, 0.3) is 11.3 Å². The minimum atomic E-state index is -0.442. The molecule has 0 bridgehead atoms. The quantitative estimate of drug-likeness (QED) is 0.649. The summed E-state index contributed by atoms with van der Waals surface area (Å²) in [6.45, 7) is 3.80. The third-order valence-corrected chi connectivity index (χ3v) is 3.27. The van der Waals surface area contributed by atoms with Crippen molar-refractivity contribution in [3.8, 4) is 11.3 Å². The van der Waals surface area contributed by atoms with Crippen LogP contribution < -0.4 is 5.32 Å². The molecule has 0 fully saturated rings. The predicted molar refractivity (Wildman–Crippen MR) is 82.3 cm³/mol. The van der Waals surface area contributed by atoms with Crippen LogP contribution in [0.2, 0.25) is 0 Å². The molecule has 0 spiro atoms. The Morgan fingerprint density at radius 1 is 1.27 bits per heavy atom. The fourth-order valence-corrected chi connectivity index (χ4v) is 2.10. The Morgan fingerprint density at radius 2 is 1.95 bits per heavy atom. The lowest BCUT2D eigenvalue weighted by atomic mass is 10.1. The Hall–Kier alpha value is -2.63. The number of non-ortho nitro benzene ring substituents is 1. The van der Waals surface area contributed by atoms with Crippen LogP contribution in [0, 0.1) is 10.1 Å². The largest absolute Gasteiger partial charge is 0.459 e. The van der Waals surface area contributed by atoms with Gasteiger partial charge in [0.15, 0.2) is 0 Å². The maximum atomic E-state index is 11.6. The summed E-state index contributed by atoms with van der Waals surface area (Å²) in [7, 11) is 0. The standard InChI is InChI=1S/C16H18N2O4/c1-3-4-16(19)17-11(2)14-9-10-15(22-14)12-5-7-13(8-6-12)18(20)21/h5-11H,3-4H2,1-2H3,(H,17,19)/t11-/m0/s1. The second-order valence-corrected chi connectivity index (χ2v) is 5.05. The molecule has 0 aliphatic rings. The molecule has 0 radical (unpaired) electrons. The first kappa shape index (κ1) is 15.8. The molecule has 22 heavy (non-hydrogen) atoms. The molecular formula is C16H18N2O4. The van der Waals surface area contributed by atoms with Crippen molar-refractivity contribution in [1.29, 1.82) is 0 Å². The van der Waals surface area contributed by atoms with Gasteiger partial charge in [0.1, 0.15) is 11.5 Å². The molecule has 0 aliphatic heterocycles. The molecule has 1 amide bonds. The molecule has 0 aliphatic carbocycles. The van der Waals surface area contributed by atoms with Crippen molar-refractivity contribution < 1.29 is 14.1 Å². The lowest BCUT2D eigenvalue weighted by molar-refractivity contribution is -0.384. The second kappa shape index (κ2) is 6.89. The number of nitro groups is 1. The minimum absolute atomic E-state index is 0.0108. The average molecular weight is 302 g/mol. The highest BCUT2D eigenvalue weighted by molar-refractivity contribution is 5.76. The number of amides is 1. The van der Waals surface area contributed by atoms with Gasteiger partial charge >= 0.3 is 0 Å². The van der Waals surface area contributed by atoms with Gasteiger partial charge in [-0.15, -0.1) is 0 Å². The van der Waals surface area contributed by atoms with E-state index in [0.717, 1.165) is 12.0 Å². The van der Waals surface area contributed by atoms with Gasteiger partial charge in [0.25, 0.3) is 5.69 Å². The Bertz CT molecular complexity index is 661. The van der Waals surface area contributed by atoms with E-state index in [2.05, 4.69) is 5.32 Å². The van der Waals surface area contributed by atoms with Crippen molar-refractivity contribution in [2.24, 2.45) is 0 Å². The number of nitro benzene ring substituents is 1. The van der Waals surface area contributed by atoms with Gasteiger partial charge in [-0.1, -0.05) is 6.92 Å². The van der Waals surface area contributed by atoms with E-state index in [1.54, 1.807) is 24.3 Å². The highest BCUT2D eigenvalue weighted by Gasteiger charge is 2.14. The predicted octanol–water partition coefficient (Wildman–Crippen LogP) is 3.83. The fraction of sp³-hybridized carbons (Fsp3) is 0.312. The summed E-state index contributed by atoms with van der Waals surface area (Å²) < 4.78 is 5.73. The number of nitrogens with zero attached hydrogens (tertiary/aromatic N) is 1. The smallest absolute Gasteiger partial charge is 0.269 e. The zero-order valence-electron chi connectivity index (χ0n) is 12.5. The summed E-state index contributed by atoms with van der Waals surface area (Å²) in [6, 6.07) is 9.52. The number of hydrogen-bond donors (Lipinski definition) is 1. The number of nitrogens with one attached hydrogen (secondary N) is 1. The van der Waals surface area contributed by atoms with E-state index in [1.807, 2.05) is 13.8 Å². The number of carbonyl (C=O) groups excluding carboxylic acids is 1. The Morgan fingerprint density at radius 3 is 2.55 bits per heavy atom. The second-order valence-electron chi connectivity index (χ2n) is 5.05. The van der Waals surface area contributed by atoms with E-state index < -0.39 is 4.92 Å². The van der Waals surface area contributed by atoms with Gasteiger partial charge in [0.2, 0.25) is 5.91 Å². The molecule has 1 atom stereocenters. The number of carbonyl (C=O) groups is 1. The maximum absolute atomic E-state index is 11.6. The van der Waals surface area contributed by atoms with E-state index >= 15 is 0 Å². The van der Waals surface area contributed by atoms with Gasteiger partial charge < -0.3 is 9.73 Å². The zero-order chi connectivity index (χ0) is 16.1. The molecule has 2 rings (SSSR count). The Balaban J connectivity index is 2.10. The topological polar surface area (TPSA) is 85.4 Å². The lowest BCUT2D eigenvalue weighted by Crippen LogP contribution is -2.25. The number of hydrogen-bond acceptors (Lipinski definition) is 4. The number of benzene rings is 1. The van der Waals surface area contributed by atoms with Gasteiger partial charge in [-0.3, -0.25) is 14.9 Å². The minimum Gasteiger partial charge on any atom is -0.459 e. The van der Waals surface area contributed by atoms with Crippen LogP contribution in [0.4, 0.5) is 5.69 Å². The molecule has 6 heteroatoms. The molecule has 0 saturated carbocycles. The number of rotatable bonds is 6. The van der Waals surface area contributed by atoms with Crippen LogP contribution in [0.1, 0.15) is 38.5 Å². The molecule has 2 aromatic rings. The monoisotopic (exact) mass is 302 g/mol. The summed E-state index contributed by atoms with van der Waals surface area (Å²) in [6.07, 6.45) is 1.28. The van der Waals surface area contributed by atoms with E-state index in [4.69, 9.17) is 4.42 Å². The van der Waals surface area contributed by atoms with Gasteiger partial charge in [-0.25, -0.2) is 0 Å². The normalized spacial score (nSPS) is 11.9. The zero-order valence-corrected chi connectivity index (χ0v) is 12.5. The van der Waals surface area contributed by atoms with Crippen LogP contribution in [-0.4, -0.2) is 10.8 Å². The van der Waals surface area contributed by atoms with Gasteiger partial charge in [0.05, 0.1) is 11.0 Å². The van der Waals surface area contributed by atoms with Crippen LogP contribution in [0.5, 0.6) is 0 Å². The maximum Gasteiger partial charge on any atom is 0.269 e. The average Bonchev–Trinajstić information content (AvgIpc) is 2.97. The van der Waals surface area contributed by atoms with Crippen LogP contribution in [-0.2, 0) is 4.79 Å². The molecule has 0 unspecified atom stereocenters. The SMILES string of the molecule is CCCC(=O)N[C@@H](C)c1ccc(-c2ccc([N+](=O)[O-])cc2)o1. The van der Waals surface area contributed by atoms with E-state index in [0.29, 0.717) is 17.9 Å². The van der Waals surface area contributed by atoms with Crippen LogP contribution in [0.15, 0.2) is 40.8 Å². The highest BCUT2D eigenvalue weighted by Crippen LogP contribution is 2.26. The Kier molecular flexibility index (Phi) is 4.93. The van der Waals surface area contributed by atoms with E-state index in [1.165, 1.54) is 12.1 Å². The first-order chi connectivity index (χ1) is 10.5. The third kappa shape index (κ3) is 3.72. The van der Waals surface area contributed by atoms with Crippen LogP contribution in [0.3, 0.4) is 0 Å². The molecule has 1 N–H and O–H groups in total. The summed E-state index contributed by atoms with van der Waals surface area (Å²) in [4.78, 5) is 21.8. The summed E-state index contributed by atoms with van der Waals surface area (Å²) >= 11 is 0. The first-order valence-corrected chi connectivity index (χ1v) is 7.15. The van der Waals surface area contributed by atoms with Crippen molar-refractivity contribution in [2.75, 3.05) is 0 Å². The molecule has 116 valence electrons. The number of furan rings is 1. The first-order valence-electron chi connectivity index (χ1n) is 7.15. The molecular weight excluding hydrogens is 284 g/mol. The van der Waals surface area contributed by atoms with Gasteiger partial charge in [0, 0.05) is 24.1 Å². The summed E-state index contributed by atoms with van der Waals surface area (Å²) in [5.74, 6) is 1.25. The molecule has 6 nitrogen and oxygen atoms in total. The van der Waals surface area contributed by atoms with Crippen molar-refractivity contribution in [2.45, 2.75) is 32.7 Å². The summed E-state index contributed by atoms with van der Waals surface area (Å²) in [5.41, 5.74) is 0.791. The van der Waals surface area contributed by atoms with Crippen molar-refractivity contribution in [3.05, 3.63) is 52.3 Å². The fourth-order valence-electron chi connectivity index (χ4n) is 2.10. The van der Waals surface area contributed by atoms with E-state index in [9.17, 15) is 14.9 Å². The van der Waals surface area contributed by atoms with Gasteiger partial charge in [-0.2, -0.15) is 0 Å². The molecule has 0 saturated heterocycles. The van der Waals surface area contributed by atoms with Gasteiger partial charge in [-0.05, 0) is 37.6 Å². The molecule has 1 aromatic carbocycles. The van der Waals surface area contributed by atoms with E-state index in [-0.39, 0.29) is 17.6 Å². The van der Waals surface area contributed by atoms with Crippen LogP contribution >= 0.6 is 0 Å². The third-order valence-electron chi connectivity index (χ3n) is 3.27. The van der Waals surface area contributed by atoms with Crippen molar-refractivity contribution in [1.82, 2.24) is 5.32 Å². The molecule has 1 heterocycles.